The van der Waals surface area contributed by atoms with E-state index in [0.29, 0.717) is 29.0 Å². The van der Waals surface area contributed by atoms with Crippen molar-refractivity contribution < 1.29 is 28.7 Å². The van der Waals surface area contributed by atoms with Crippen LogP contribution < -0.4 is 15.0 Å². The van der Waals surface area contributed by atoms with Gasteiger partial charge in [0.2, 0.25) is 11.8 Å². The minimum Gasteiger partial charge on any atom is -0.495 e. The molecule has 33 heavy (non-hydrogen) atoms. The van der Waals surface area contributed by atoms with Crippen molar-refractivity contribution in [1.82, 2.24) is 0 Å². The van der Waals surface area contributed by atoms with Crippen LogP contribution in [0.5, 0.6) is 5.75 Å². The molecular formula is C25H24N2O6. The third kappa shape index (κ3) is 3.65. The van der Waals surface area contributed by atoms with E-state index in [2.05, 4.69) is 5.32 Å². The molecule has 2 aromatic rings. The Hall–Kier alpha value is -3.68. The summed E-state index contributed by atoms with van der Waals surface area (Å²) in [5, 5.41) is 2.63. The maximum absolute atomic E-state index is 12.9. The molecule has 1 heterocycles. The topological polar surface area (TPSA) is 102 Å². The van der Waals surface area contributed by atoms with Gasteiger partial charge in [-0.3, -0.25) is 19.3 Å². The number of hydrogen-bond acceptors (Lipinski definition) is 6. The van der Waals surface area contributed by atoms with Crippen LogP contribution >= 0.6 is 0 Å². The van der Waals surface area contributed by atoms with E-state index in [0.717, 1.165) is 19.3 Å². The Morgan fingerprint density at radius 1 is 0.970 bits per heavy atom. The number of esters is 1. The molecule has 0 radical (unpaired) electrons. The zero-order valence-corrected chi connectivity index (χ0v) is 18.2. The second kappa shape index (κ2) is 8.35. The molecule has 0 aromatic heterocycles. The monoisotopic (exact) mass is 448 g/mol. The van der Waals surface area contributed by atoms with Gasteiger partial charge in [0.25, 0.3) is 5.91 Å². The molecule has 3 fully saturated rings. The van der Waals surface area contributed by atoms with Crippen molar-refractivity contribution in [2.75, 3.05) is 23.9 Å². The first kappa shape index (κ1) is 21.2. The van der Waals surface area contributed by atoms with Gasteiger partial charge in [0.15, 0.2) is 6.61 Å². The van der Waals surface area contributed by atoms with Crippen molar-refractivity contribution in [3.63, 3.8) is 0 Å². The minimum absolute atomic E-state index is 0.125. The normalized spacial score (nSPS) is 25.2. The van der Waals surface area contributed by atoms with Gasteiger partial charge in [-0.1, -0.05) is 12.1 Å². The summed E-state index contributed by atoms with van der Waals surface area (Å²) in [4.78, 5) is 51.7. The summed E-state index contributed by atoms with van der Waals surface area (Å²) < 4.78 is 10.3. The van der Waals surface area contributed by atoms with Gasteiger partial charge in [0.05, 0.1) is 35.9 Å². The number of nitrogens with zero attached hydrogens (tertiary/aromatic N) is 1. The van der Waals surface area contributed by atoms with Crippen LogP contribution in [0.3, 0.4) is 0 Å². The molecule has 1 aliphatic heterocycles. The third-order valence-corrected chi connectivity index (χ3v) is 7.00. The van der Waals surface area contributed by atoms with Gasteiger partial charge < -0.3 is 14.8 Å². The SMILES string of the molecule is COc1ccccc1NC(=O)COC(=O)c1ccc(N2C(=O)[C@@H]3[C@H]4CC[C@@H](C4)[C@@H]3C2=O)cc1. The number of methoxy groups -OCH3 is 1. The van der Waals surface area contributed by atoms with E-state index < -0.39 is 18.5 Å². The van der Waals surface area contributed by atoms with Gasteiger partial charge >= 0.3 is 5.97 Å². The van der Waals surface area contributed by atoms with Crippen molar-refractivity contribution in [3.8, 4) is 5.75 Å². The van der Waals surface area contributed by atoms with Crippen molar-refractivity contribution in [2.24, 2.45) is 23.7 Å². The Kier molecular flexibility index (Phi) is 5.36. The first-order valence-electron chi connectivity index (χ1n) is 11.1. The largest absolute Gasteiger partial charge is 0.495 e. The number of para-hydroxylation sites is 2. The Labute approximate surface area is 190 Å². The number of benzene rings is 2. The van der Waals surface area contributed by atoms with Crippen LogP contribution in [0.4, 0.5) is 11.4 Å². The predicted molar refractivity (Wildman–Crippen MR) is 119 cm³/mol. The molecular weight excluding hydrogens is 424 g/mol. The lowest BCUT2D eigenvalue weighted by atomic mass is 9.81. The van der Waals surface area contributed by atoms with Crippen LogP contribution in [0.2, 0.25) is 0 Å². The molecule has 170 valence electrons. The van der Waals surface area contributed by atoms with Crippen LogP contribution in [0.25, 0.3) is 0 Å². The minimum atomic E-state index is -0.675. The lowest BCUT2D eigenvalue weighted by molar-refractivity contribution is -0.123. The second-order valence-corrected chi connectivity index (χ2v) is 8.77. The van der Waals surface area contributed by atoms with Crippen molar-refractivity contribution >= 4 is 35.1 Å². The van der Waals surface area contributed by atoms with Crippen LogP contribution in [-0.2, 0) is 19.1 Å². The number of nitrogens with one attached hydrogen (secondary N) is 1. The summed E-state index contributed by atoms with van der Waals surface area (Å²) in [7, 11) is 1.49. The number of hydrogen-bond donors (Lipinski definition) is 1. The molecule has 2 saturated carbocycles. The Bertz CT molecular complexity index is 1100. The number of imide groups is 1. The van der Waals surface area contributed by atoms with Gasteiger partial charge in [0.1, 0.15) is 5.75 Å². The summed E-state index contributed by atoms with van der Waals surface area (Å²) in [6, 6.07) is 13.1. The first-order valence-corrected chi connectivity index (χ1v) is 11.1. The molecule has 5 rings (SSSR count). The Morgan fingerprint density at radius 2 is 1.61 bits per heavy atom. The lowest BCUT2D eigenvalue weighted by Crippen LogP contribution is -2.32. The van der Waals surface area contributed by atoms with Crippen LogP contribution in [-0.4, -0.2) is 37.4 Å². The highest BCUT2D eigenvalue weighted by molar-refractivity contribution is 6.22. The molecule has 8 heteroatoms. The standard InChI is InChI=1S/C25H24N2O6/c1-32-19-5-3-2-4-18(19)26-20(28)13-33-25(31)14-8-10-17(11-9-14)27-23(29)21-15-6-7-16(12-15)22(21)24(27)30/h2-5,8-11,15-16,21-22H,6-7,12-13H2,1H3,(H,26,28)/t15-,16-,21-,22+/m0/s1. The maximum Gasteiger partial charge on any atom is 0.338 e. The molecule has 4 atom stereocenters. The highest BCUT2D eigenvalue weighted by Crippen LogP contribution is 2.56. The summed E-state index contributed by atoms with van der Waals surface area (Å²) in [6.45, 7) is -0.464. The maximum atomic E-state index is 12.9. The molecule has 2 aliphatic carbocycles. The summed E-state index contributed by atoms with van der Waals surface area (Å²) in [5.74, 6) is -0.678. The van der Waals surface area contributed by atoms with E-state index in [1.807, 2.05) is 0 Å². The number of fused-ring (bicyclic) bond motifs is 5. The Morgan fingerprint density at radius 3 is 2.24 bits per heavy atom. The van der Waals surface area contributed by atoms with Crippen LogP contribution in [0.1, 0.15) is 29.6 Å². The van der Waals surface area contributed by atoms with Crippen molar-refractivity contribution in [2.45, 2.75) is 19.3 Å². The summed E-state index contributed by atoms with van der Waals surface area (Å²) >= 11 is 0. The molecule has 3 amide bonds. The second-order valence-electron chi connectivity index (χ2n) is 8.77. The average Bonchev–Trinajstić information content (AvgIpc) is 3.51. The quantitative estimate of drug-likeness (QED) is 0.538. The summed E-state index contributed by atoms with van der Waals surface area (Å²) in [6.07, 6.45) is 3.03. The molecule has 3 aliphatic rings. The molecule has 1 saturated heterocycles. The van der Waals surface area contributed by atoms with Gasteiger partial charge in [-0.05, 0) is 67.5 Å². The molecule has 0 spiro atoms. The number of carbonyl (C=O) groups is 4. The molecule has 2 bridgehead atoms. The number of carbonyl (C=O) groups excluding carboxylic acids is 4. The number of amides is 3. The predicted octanol–water partition coefficient (Wildman–Crippen LogP) is 3.03. The van der Waals surface area contributed by atoms with E-state index in [4.69, 9.17) is 9.47 Å². The van der Waals surface area contributed by atoms with Crippen LogP contribution in [0, 0.1) is 23.7 Å². The van der Waals surface area contributed by atoms with Gasteiger partial charge in [-0.25, -0.2) is 4.79 Å². The van der Waals surface area contributed by atoms with Crippen LogP contribution in [0.15, 0.2) is 48.5 Å². The van der Waals surface area contributed by atoms with Crippen molar-refractivity contribution in [1.29, 1.82) is 0 Å². The Balaban J connectivity index is 1.20. The summed E-state index contributed by atoms with van der Waals surface area (Å²) in [5.41, 5.74) is 1.16. The smallest absolute Gasteiger partial charge is 0.338 e. The molecule has 2 aromatic carbocycles. The lowest BCUT2D eigenvalue weighted by Gasteiger charge is -2.19. The van der Waals surface area contributed by atoms with Gasteiger partial charge in [-0.2, -0.15) is 0 Å². The first-order chi connectivity index (χ1) is 16.0. The fourth-order valence-corrected chi connectivity index (χ4v) is 5.56. The fraction of sp³-hybridized carbons (Fsp3) is 0.360. The van der Waals surface area contributed by atoms with Gasteiger partial charge in [-0.15, -0.1) is 0 Å². The van der Waals surface area contributed by atoms with Gasteiger partial charge in [0, 0.05) is 0 Å². The highest BCUT2D eigenvalue weighted by Gasteiger charge is 2.61. The van der Waals surface area contributed by atoms with Crippen molar-refractivity contribution in [3.05, 3.63) is 54.1 Å². The molecule has 8 nitrogen and oxygen atoms in total. The zero-order chi connectivity index (χ0) is 23.1. The average molecular weight is 448 g/mol. The molecule has 0 unspecified atom stereocenters. The highest BCUT2D eigenvalue weighted by atomic mass is 16.5. The third-order valence-electron chi connectivity index (χ3n) is 7.00. The van der Waals surface area contributed by atoms with E-state index in [1.165, 1.54) is 24.1 Å². The number of ether oxygens (including phenoxy) is 2. The van der Waals surface area contributed by atoms with E-state index in [9.17, 15) is 19.2 Å². The number of anilines is 2. The number of rotatable bonds is 6. The van der Waals surface area contributed by atoms with E-state index in [1.54, 1.807) is 36.4 Å². The van der Waals surface area contributed by atoms with E-state index >= 15 is 0 Å². The van der Waals surface area contributed by atoms with E-state index in [-0.39, 0.29) is 29.2 Å². The zero-order valence-electron chi connectivity index (χ0n) is 18.2. The molecule has 1 N–H and O–H groups in total. The fourth-order valence-electron chi connectivity index (χ4n) is 5.56.